The van der Waals surface area contributed by atoms with Crippen LogP contribution >= 0.6 is 11.6 Å². The van der Waals surface area contributed by atoms with Crippen molar-refractivity contribution in [3.63, 3.8) is 0 Å². The van der Waals surface area contributed by atoms with Crippen molar-refractivity contribution < 1.29 is 0 Å². The Hall–Kier alpha value is -1.27. The highest BCUT2D eigenvalue weighted by Gasteiger charge is 2.25. The third kappa shape index (κ3) is 2.89. The largest absolute Gasteiger partial charge is 0.355 e. The predicted molar refractivity (Wildman–Crippen MR) is 69.2 cm³/mol. The molecule has 90 valence electrons. The maximum atomic E-state index is 8.97. The van der Waals surface area contributed by atoms with Crippen molar-refractivity contribution in [3.05, 3.63) is 22.8 Å². The van der Waals surface area contributed by atoms with Crippen molar-refractivity contribution in [2.45, 2.75) is 26.2 Å². The molecule has 2 rings (SSSR count). The average molecular weight is 250 g/mol. The van der Waals surface area contributed by atoms with Gasteiger partial charge in [0.2, 0.25) is 0 Å². The zero-order valence-electron chi connectivity index (χ0n) is 9.99. The number of anilines is 1. The Labute approximate surface area is 107 Å². The van der Waals surface area contributed by atoms with Gasteiger partial charge in [-0.05, 0) is 31.2 Å². The molecular formula is C13H16ClN3. The summed E-state index contributed by atoms with van der Waals surface area (Å²) in [6.07, 6.45) is 5.32. The number of pyridine rings is 1. The summed E-state index contributed by atoms with van der Waals surface area (Å²) in [7, 11) is 0. The zero-order valence-corrected chi connectivity index (χ0v) is 10.7. The summed E-state index contributed by atoms with van der Waals surface area (Å²) in [5.41, 5.74) is 0.508. The lowest BCUT2D eigenvalue weighted by Crippen LogP contribution is -2.27. The van der Waals surface area contributed by atoms with Gasteiger partial charge in [0.05, 0.1) is 5.56 Å². The van der Waals surface area contributed by atoms with Crippen molar-refractivity contribution in [1.82, 2.24) is 4.98 Å². The summed E-state index contributed by atoms with van der Waals surface area (Å²) in [6, 6.07) is 3.76. The molecule has 0 amide bonds. The summed E-state index contributed by atoms with van der Waals surface area (Å²) in [5.74, 6) is 1.55. The predicted octanol–water partition coefficient (Wildman–Crippen LogP) is 3.23. The molecule has 1 aromatic rings. The van der Waals surface area contributed by atoms with Crippen LogP contribution in [0.15, 0.2) is 12.3 Å². The zero-order chi connectivity index (χ0) is 12.3. The van der Waals surface area contributed by atoms with E-state index in [1.54, 1.807) is 12.3 Å². The number of nitrogens with zero attached hydrogens (tertiary/aromatic N) is 3. The topological polar surface area (TPSA) is 39.9 Å². The molecule has 0 saturated heterocycles. The van der Waals surface area contributed by atoms with Crippen LogP contribution in [-0.2, 0) is 0 Å². The minimum atomic E-state index is 0.490. The highest BCUT2D eigenvalue weighted by Crippen LogP contribution is 2.33. The molecule has 17 heavy (non-hydrogen) atoms. The molecule has 1 saturated carbocycles. The highest BCUT2D eigenvalue weighted by molar-refractivity contribution is 6.34. The lowest BCUT2D eigenvalue weighted by atomic mass is 10.2. The van der Waals surface area contributed by atoms with Crippen LogP contribution in [0.2, 0.25) is 5.02 Å². The molecule has 1 heterocycles. The quantitative estimate of drug-likeness (QED) is 0.804. The molecule has 3 nitrogen and oxygen atoms in total. The van der Waals surface area contributed by atoms with Gasteiger partial charge in [0, 0.05) is 19.3 Å². The number of rotatable bonds is 5. The summed E-state index contributed by atoms with van der Waals surface area (Å²) in [5, 5.41) is 9.46. The highest BCUT2D eigenvalue weighted by atomic mass is 35.5. The standard InChI is InChI=1S/C13H16ClN3/c1-2-7-17(9-10-3-4-10)13-12(14)11(8-15)5-6-16-13/h5-6,10H,2-4,7,9H2,1H3. The molecule has 0 bridgehead atoms. The molecule has 0 radical (unpaired) electrons. The van der Waals surface area contributed by atoms with E-state index in [4.69, 9.17) is 16.9 Å². The lowest BCUT2D eigenvalue weighted by molar-refractivity contribution is 0.699. The third-order valence-electron chi connectivity index (χ3n) is 2.96. The molecule has 1 fully saturated rings. The first-order valence-corrected chi connectivity index (χ1v) is 6.43. The molecule has 1 aromatic heterocycles. The van der Waals surface area contributed by atoms with E-state index in [-0.39, 0.29) is 0 Å². The number of hydrogen-bond acceptors (Lipinski definition) is 3. The van der Waals surface area contributed by atoms with Gasteiger partial charge in [-0.2, -0.15) is 5.26 Å². The summed E-state index contributed by atoms with van der Waals surface area (Å²) >= 11 is 6.22. The van der Waals surface area contributed by atoms with E-state index in [1.165, 1.54) is 12.8 Å². The molecule has 0 spiro atoms. The fourth-order valence-electron chi connectivity index (χ4n) is 1.91. The van der Waals surface area contributed by atoms with Crippen molar-refractivity contribution in [2.24, 2.45) is 5.92 Å². The van der Waals surface area contributed by atoms with Gasteiger partial charge in [-0.3, -0.25) is 0 Å². The van der Waals surface area contributed by atoms with Gasteiger partial charge in [0.1, 0.15) is 16.9 Å². The molecule has 4 heteroatoms. The average Bonchev–Trinajstić information content (AvgIpc) is 3.13. The van der Waals surface area contributed by atoms with Crippen LogP contribution in [0.4, 0.5) is 5.82 Å². The van der Waals surface area contributed by atoms with Gasteiger partial charge >= 0.3 is 0 Å². The number of nitriles is 1. The number of hydrogen-bond donors (Lipinski definition) is 0. The van der Waals surface area contributed by atoms with Crippen LogP contribution in [0.3, 0.4) is 0 Å². The van der Waals surface area contributed by atoms with E-state index in [0.29, 0.717) is 10.6 Å². The van der Waals surface area contributed by atoms with Crippen molar-refractivity contribution in [2.75, 3.05) is 18.0 Å². The van der Waals surface area contributed by atoms with Gasteiger partial charge in [0.15, 0.2) is 0 Å². The molecule has 0 atom stereocenters. The monoisotopic (exact) mass is 249 g/mol. The normalized spacial score (nSPS) is 14.4. The SMILES string of the molecule is CCCN(CC1CC1)c1nccc(C#N)c1Cl. The molecule has 1 aliphatic rings. The first-order chi connectivity index (χ1) is 8.26. The number of halogens is 1. The molecule has 0 aromatic carbocycles. The van der Waals surface area contributed by atoms with Crippen molar-refractivity contribution in [1.29, 1.82) is 5.26 Å². The Morgan fingerprint density at radius 3 is 2.94 bits per heavy atom. The fraction of sp³-hybridized carbons (Fsp3) is 0.538. The minimum Gasteiger partial charge on any atom is -0.355 e. The van der Waals surface area contributed by atoms with E-state index in [0.717, 1.165) is 31.2 Å². The van der Waals surface area contributed by atoms with Crippen molar-refractivity contribution >= 4 is 17.4 Å². The molecule has 0 N–H and O–H groups in total. The Bertz CT molecular complexity index is 435. The molecular weight excluding hydrogens is 234 g/mol. The first-order valence-electron chi connectivity index (χ1n) is 6.05. The van der Waals surface area contributed by atoms with Gasteiger partial charge in [0.25, 0.3) is 0 Å². The van der Waals surface area contributed by atoms with Gasteiger partial charge < -0.3 is 4.90 Å². The van der Waals surface area contributed by atoms with Crippen molar-refractivity contribution in [3.8, 4) is 6.07 Å². The fourth-order valence-corrected chi connectivity index (χ4v) is 2.18. The van der Waals surface area contributed by atoms with Gasteiger partial charge in [-0.15, -0.1) is 0 Å². The molecule has 0 aliphatic heterocycles. The Balaban J connectivity index is 2.24. The summed E-state index contributed by atoms with van der Waals surface area (Å²) in [4.78, 5) is 6.54. The van der Waals surface area contributed by atoms with Crippen LogP contribution in [0.25, 0.3) is 0 Å². The van der Waals surface area contributed by atoms with Crippen LogP contribution in [0.1, 0.15) is 31.7 Å². The molecule has 0 unspecified atom stereocenters. The maximum Gasteiger partial charge on any atom is 0.148 e. The third-order valence-corrected chi connectivity index (χ3v) is 3.33. The van der Waals surface area contributed by atoms with Gasteiger partial charge in [-0.1, -0.05) is 18.5 Å². The van der Waals surface area contributed by atoms with Crippen LogP contribution in [0.5, 0.6) is 0 Å². The second-order valence-electron chi connectivity index (χ2n) is 4.50. The second kappa shape index (κ2) is 5.37. The lowest BCUT2D eigenvalue weighted by Gasteiger charge is -2.24. The number of aromatic nitrogens is 1. The Morgan fingerprint density at radius 2 is 2.35 bits per heavy atom. The smallest absolute Gasteiger partial charge is 0.148 e. The van der Waals surface area contributed by atoms with Crippen LogP contribution in [-0.4, -0.2) is 18.1 Å². The molecule has 1 aliphatic carbocycles. The van der Waals surface area contributed by atoms with Crippen LogP contribution in [0, 0.1) is 17.2 Å². The van der Waals surface area contributed by atoms with E-state index >= 15 is 0 Å². The van der Waals surface area contributed by atoms with Crippen LogP contribution < -0.4 is 4.90 Å². The maximum absolute atomic E-state index is 8.97. The second-order valence-corrected chi connectivity index (χ2v) is 4.88. The Morgan fingerprint density at radius 1 is 1.59 bits per heavy atom. The minimum absolute atomic E-state index is 0.490. The van der Waals surface area contributed by atoms with E-state index in [2.05, 4.69) is 22.9 Å². The van der Waals surface area contributed by atoms with E-state index < -0.39 is 0 Å². The van der Waals surface area contributed by atoms with Gasteiger partial charge in [-0.25, -0.2) is 4.98 Å². The van der Waals surface area contributed by atoms with E-state index in [1.807, 2.05) is 0 Å². The Kier molecular flexibility index (Phi) is 3.86. The summed E-state index contributed by atoms with van der Waals surface area (Å²) in [6.45, 7) is 4.09. The summed E-state index contributed by atoms with van der Waals surface area (Å²) < 4.78 is 0. The first kappa shape index (κ1) is 12.2. The van der Waals surface area contributed by atoms with E-state index in [9.17, 15) is 0 Å².